The molecule has 1 rings (SSSR count). The van der Waals surface area contributed by atoms with Crippen LogP contribution in [0.25, 0.3) is 0 Å². The predicted molar refractivity (Wildman–Crippen MR) is 119 cm³/mol. The third-order valence-corrected chi connectivity index (χ3v) is 6.64. The van der Waals surface area contributed by atoms with Crippen LogP contribution in [0.15, 0.2) is 29.2 Å². The van der Waals surface area contributed by atoms with Gasteiger partial charge in [-0.15, -0.1) is 0 Å². The number of rotatable bonds is 18. The Morgan fingerprint density at radius 3 is 1.97 bits per heavy atom. The van der Waals surface area contributed by atoms with Crippen LogP contribution in [0.3, 0.4) is 0 Å². The fraction of sp³-hybridized carbons (Fsp3) is 0.696. The Kier molecular flexibility index (Phi) is 13.7. The quantitative estimate of drug-likeness (QED) is 0.296. The van der Waals surface area contributed by atoms with Gasteiger partial charge in [-0.2, -0.15) is 0 Å². The van der Waals surface area contributed by atoms with Crippen LogP contribution < -0.4 is 4.72 Å². The molecule has 0 fully saturated rings. The van der Waals surface area contributed by atoms with E-state index in [1.54, 1.807) is 12.1 Å². The molecule has 0 spiro atoms. The summed E-state index contributed by atoms with van der Waals surface area (Å²) < 4.78 is 27.4. The van der Waals surface area contributed by atoms with Crippen molar-refractivity contribution in [3.05, 3.63) is 29.8 Å². The van der Waals surface area contributed by atoms with Gasteiger partial charge in [0.25, 0.3) is 0 Å². The van der Waals surface area contributed by atoms with Crippen LogP contribution in [-0.4, -0.2) is 26.0 Å². The number of hydrogen-bond donors (Lipinski definition) is 2. The summed E-state index contributed by atoms with van der Waals surface area (Å²) in [5, 5.41) is 8.58. The van der Waals surface area contributed by atoms with E-state index >= 15 is 0 Å². The molecule has 0 unspecified atom stereocenters. The highest BCUT2D eigenvalue weighted by molar-refractivity contribution is 7.89. The van der Waals surface area contributed by atoms with Crippen molar-refractivity contribution in [3.63, 3.8) is 0 Å². The van der Waals surface area contributed by atoms with Gasteiger partial charge in [-0.05, 0) is 43.4 Å². The maximum atomic E-state index is 12.4. The van der Waals surface area contributed by atoms with Gasteiger partial charge in [-0.1, -0.05) is 76.8 Å². The zero-order chi connectivity index (χ0) is 21.4. The van der Waals surface area contributed by atoms with Gasteiger partial charge >= 0.3 is 5.97 Å². The van der Waals surface area contributed by atoms with Crippen LogP contribution in [0.1, 0.15) is 96.0 Å². The molecule has 0 saturated heterocycles. The average Bonchev–Trinajstić information content (AvgIpc) is 2.69. The Morgan fingerprint density at radius 1 is 0.828 bits per heavy atom. The number of unbranched alkanes of at least 4 members (excludes halogenated alkanes) is 10. The third-order valence-electron chi connectivity index (χ3n) is 5.16. The van der Waals surface area contributed by atoms with Crippen molar-refractivity contribution in [2.45, 2.75) is 102 Å². The molecule has 0 atom stereocenters. The van der Waals surface area contributed by atoms with Crippen molar-refractivity contribution in [1.82, 2.24) is 4.72 Å². The molecule has 0 saturated carbocycles. The van der Waals surface area contributed by atoms with E-state index in [1.807, 2.05) is 12.1 Å². The summed E-state index contributed by atoms with van der Waals surface area (Å²) in [6.07, 6.45) is 14.1. The van der Waals surface area contributed by atoms with Crippen LogP contribution >= 0.6 is 0 Å². The van der Waals surface area contributed by atoms with Crippen molar-refractivity contribution in [1.29, 1.82) is 0 Å². The molecule has 0 aromatic heterocycles. The molecule has 0 heterocycles. The Hall–Kier alpha value is -1.40. The van der Waals surface area contributed by atoms with Crippen molar-refractivity contribution >= 4 is 16.0 Å². The summed E-state index contributed by atoms with van der Waals surface area (Å²) >= 11 is 0. The van der Waals surface area contributed by atoms with E-state index in [2.05, 4.69) is 11.6 Å². The largest absolute Gasteiger partial charge is 0.481 e. The number of sulfonamides is 1. The van der Waals surface area contributed by atoms with E-state index < -0.39 is 16.0 Å². The zero-order valence-corrected chi connectivity index (χ0v) is 18.8. The fourth-order valence-corrected chi connectivity index (χ4v) is 4.42. The third kappa shape index (κ3) is 12.7. The van der Waals surface area contributed by atoms with Crippen LogP contribution in [-0.2, 0) is 21.2 Å². The standard InChI is InChI=1S/C23H39NO4S/c1-2-3-4-11-14-21-16-18-22(19-17-21)29(27,28)24-20-13-10-8-6-5-7-9-12-15-23(25)26/h16-19,24H,2-15,20H2,1H3,(H,25,26). The Balaban J connectivity index is 2.13. The van der Waals surface area contributed by atoms with Gasteiger partial charge in [0.2, 0.25) is 10.0 Å². The summed E-state index contributed by atoms with van der Waals surface area (Å²) in [6.45, 7) is 2.67. The van der Waals surface area contributed by atoms with Gasteiger partial charge in [0.15, 0.2) is 0 Å². The van der Waals surface area contributed by atoms with E-state index in [1.165, 1.54) is 24.8 Å². The van der Waals surface area contributed by atoms with Gasteiger partial charge < -0.3 is 5.11 Å². The minimum atomic E-state index is -3.42. The number of aryl methyl sites for hydroxylation is 1. The Bertz CT molecular complexity index is 656. The molecule has 0 amide bonds. The number of carbonyl (C=O) groups is 1. The Morgan fingerprint density at radius 2 is 1.38 bits per heavy atom. The van der Waals surface area contributed by atoms with E-state index in [9.17, 15) is 13.2 Å². The van der Waals surface area contributed by atoms with Crippen LogP contribution in [0.2, 0.25) is 0 Å². The lowest BCUT2D eigenvalue weighted by Crippen LogP contribution is -2.24. The van der Waals surface area contributed by atoms with Crippen molar-refractivity contribution in [3.8, 4) is 0 Å². The lowest BCUT2D eigenvalue weighted by Gasteiger charge is -2.08. The highest BCUT2D eigenvalue weighted by Gasteiger charge is 2.12. The molecular weight excluding hydrogens is 386 g/mol. The second kappa shape index (κ2) is 15.4. The van der Waals surface area contributed by atoms with Crippen LogP contribution in [0.4, 0.5) is 0 Å². The first kappa shape index (κ1) is 25.6. The van der Waals surface area contributed by atoms with Gasteiger partial charge in [0, 0.05) is 13.0 Å². The van der Waals surface area contributed by atoms with Gasteiger partial charge in [-0.3, -0.25) is 4.79 Å². The average molecular weight is 426 g/mol. The van der Waals surface area contributed by atoms with Gasteiger partial charge in [0.05, 0.1) is 4.90 Å². The summed E-state index contributed by atoms with van der Waals surface area (Å²) in [4.78, 5) is 10.8. The number of carboxylic acid groups (broad SMARTS) is 1. The smallest absolute Gasteiger partial charge is 0.303 e. The fourth-order valence-electron chi connectivity index (χ4n) is 3.34. The maximum absolute atomic E-state index is 12.4. The first-order valence-electron chi connectivity index (χ1n) is 11.3. The van der Waals surface area contributed by atoms with E-state index in [4.69, 9.17) is 5.11 Å². The molecule has 0 aliphatic heterocycles. The van der Waals surface area contributed by atoms with E-state index in [0.717, 1.165) is 64.2 Å². The highest BCUT2D eigenvalue weighted by atomic mass is 32.2. The number of carboxylic acids is 1. The molecular formula is C23H39NO4S. The molecule has 29 heavy (non-hydrogen) atoms. The molecule has 6 heteroatoms. The lowest BCUT2D eigenvalue weighted by atomic mass is 10.1. The van der Waals surface area contributed by atoms with E-state index in [0.29, 0.717) is 11.4 Å². The molecule has 0 aliphatic carbocycles. The first-order valence-corrected chi connectivity index (χ1v) is 12.7. The summed E-state index contributed by atoms with van der Waals surface area (Å²) in [5.41, 5.74) is 1.20. The normalized spacial score (nSPS) is 11.6. The van der Waals surface area contributed by atoms with Crippen LogP contribution in [0, 0.1) is 0 Å². The monoisotopic (exact) mass is 425 g/mol. The molecule has 1 aromatic rings. The first-order chi connectivity index (χ1) is 14.0. The van der Waals surface area contributed by atoms with Crippen molar-refractivity contribution < 1.29 is 18.3 Å². The summed E-state index contributed by atoms with van der Waals surface area (Å²) in [7, 11) is -3.42. The lowest BCUT2D eigenvalue weighted by molar-refractivity contribution is -0.137. The second-order valence-electron chi connectivity index (χ2n) is 7.82. The molecule has 0 bridgehead atoms. The minimum Gasteiger partial charge on any atom is -0.481 e. The molecule has 5 nitrogen and oxygen atoms in total. The van der Waals surface area contributed by atoms with Crippen molar-refractivity contribution in [2.75, 3.05) is 6.54 Å². The zero-order valence-electron chi connectivity index (χ0n) is 18.0. The van der Waals surface area contributed by atoms with Crippen molar-refractivity contribution in [2.24, 2.45) is 0 Å². The summed E-state index contributed by atoms with van der Waals surface area (Å²) in [5.74, 6) is -0.717. The SMILES string of the molecule is CCCCCCc1ccc(S(=O)(=O)NCCCCCCCCCCC(=O)O)cc1. The summed E-state index contributed by atoms with van der Waals surface area (Å²) in [6, 6.07) is 7.28. The second-order valence-corrected chi connectivity index (χ2v) is 9.59. The topological polar surface area (TPSA) is 83.5 Å². The highest BCUT2D eigenvalue weighted by Crippen LogP contribution is 2.14. The molecule has 0 aliphatic rings. The number of hydrogen-bond acceptors (Lipinski definition) is 3. The molecule has 0 radical (unpaired) electrons. The Labute approximate surface area is 177 Å². The maximum Gasteiger partial charge on any atom is 0.303 e. The molecule has 166 valence electrons. The molecule has 1 aromatic carbocycles. The van der Waals surface area contributed by atoms with Gasteiger partial charge in [-0.25, -0.2) is 13.1 Å². The van der Waals surface area contributed by atoms with Gasteiger partial charge in [0.1, 0.15) is 0 Å². The predicted octanol–water partition coefficient (Wildman–Crippen LogP) is 5.68. The minimum absolute atomic E-state index is 0.266. The number of benzene rings is 1. The number of aliphatic carboxylic acids is 1. The molecule has 2 N–H and O–H groups in total. The van der Waals surface area contributed by atoms with E-state index in [-0.39, 0.29) is 6.42 Å². The number of nitrogens with one attached hydrogen (secondary N) is 1. The van der Waals surface area contributed by atoms with Crippen LogP contribution in [0.5, 0.6) is 0 Å².